The molecule has 0 saturated heterocycles. The van der Waals surface area contributed by atoms with Gasteiger partial charge in [-0.1, -0.05) is 30.1 Å². The number of unbranched alkanes of at least 4 members (excludes halogenated alkanes) is 1. The highest BCUT2D eigenvalue weighted by atomic mass is 35.5. The van der Waals surface area contributed by atoms with Crippen molar-refractivity contribution >= 4 is 33.9 Å². The molecule has 30 heavy (non-hydrogen) atoms. The molecule has 4 rings (SSSR count). The van der Waals surface area contributed by atoms with E-state index in [1.54, 1.807) is 15.9 Å². The van der Waals surface area contributed by atoms with Gasteiger partial charge < -0.3 is 4.52 Å². The molecule has 3 aromatic heterocycles. The van der Waals surface area contributed by atoms with Crippen molar-refractivity contribution in [2.45, 2.75) is 58.5 Å². The second-order valence-electron chi connectivity index (χ2n) is 7.23. The number of rotatable bonds is 9. The van der Waals surface area contributed by atoms with Crippen molar-refractivity contribution in [3.63, 3.8) is 0 Å². The second-order valence-corrected chi connectivity index (χ2v) is 8.44. The van der Waals surface area contributed by atoms with E-state index in [4.69, 9.17) is 16.1 Å². The molecule has 0 radical (unpaired) electrons. The first kappa shape index (κ1) is 20.7. The first-order chi connectivity index (χ1) is 14.6. The molecule has 0 fully saturated rings. The van der Waals surface area contributed by atoms with Crippen LogP contribution in [0.4, 0.5) is 5.82 Å². The zero-order chi connectivity index (χ0) is 21.1. The van der Waals surface area contributed by atoms with Crippen LogP contribution in [0.1, 0.15) is 49.0 Å². The van der Waals surface area contributed by atoms with E-state index in [9.17, 15) is 9.59 Å². The standard InChI is InChI=1S/C20H22ClN5O3S/c1-2-3-7-25-18-14(11-15(21)22-18)19(27)26(20(25)28)8-4-5-17-23-16(24-29-17)10-13-6-9-30-12-13/h6,9,12H,2-5,7-8,10-11H2,1H3. The Kier molecular flexibility index (Phi) is 6.29. The number of thiophene rings is 1. The number of halogens is 1. The van der Waals surface area contributed by atoms with E-state index >= 15 is 0 Å². The normalized spacial score (nSPS) is 12.9. The predicted molar refractivity (Wildman–Crippen MR) is 116 cm³/mol. The zero-order valence-electron chi connectivity index (χ0n) is 16.6. The minimum absolute atomic E-state index is 0.275. The second kappa shape index (κ2) is 9.09. The molecule has 8 nitrogen and oxygen atoms in total. The first-order valence-corrected chi connectivity index (χ1v) is 11.3. The summed E-state index contributed by atoms with van der Waals surface area (Å²) in [5.74, 6) is 1.55. The van der Waals surface area contributed by atoms with Gasteiger partial charge in [0, 0.05) is 32.4 Å². The Morgan fingerprint density at radius 2 is 2.07 bits per heavy atom. The summed E-state index contributed by atoms with van der Waals surface area (Å²) in [5, 5.41) is 8.41. The number of aliphatic imine (C=N–C) groups is 1. The SMILES string of the molecule is CCCCn1c2c(c(=O)n(CCCc3nc(Cc4ccsc4)no3)c1=O)CC(Cl)=N2. The predicted octanol–water partition coefficient (Wildman–Crippen LogP) is 3.30. The van der Waals surface area contributed by atoms with E-state index in [0.717, 1.165) is 18.4 Å². The fourth-order valence-electron chi connectivity index (χ4n) is 3.47. The van der Waals surface area contributed by atoms with Gasteiger partial charge >= 0.3 is 5.69 Å². The molecule has 0 aliphatic carbocycles. The lowest BCUT2D eigenvalue weighted by atomic mass is 10.2. The number of nitrogens with zero attached hydrogens (tertiary/aromatic N) is 5. The highest BCUT2D eigenvalue weighted by Crippen LogP contribution is 2.24. The molecule has 3 aromatic rings. The van der Waals surface area contributed by atoms with Crippen molar-refractivity contribution in [1.29, 1.82) is 0 Å². The Hall–Kier alpha value is -2.52. The van der Waals surface area contributed by atoms with Gasteiger partial charge in [-0.05, 0) is 35.2 Å². The van der Waals surface area contributed by atoms with Gasteiger partial charge in [0.25, 0.3) is 5.56 Å². The lowest BCUT2D eigenvalue weighted by Gasteiger charge is -2.13. The maximum Gasteiger partial charge on any atom is 0.332 e. The summed E-state index contributed by atoms with van der Waals surface area (Å²) in [6.45, 7) is 2.84. The molecule has 1 aliphatic heterocycles. The van der Waals surface area contributed by atoms with Crippen LogP contribution in [-0.2, 0) is 32.4 Å². The number of hydrogen-bond acceptors (Lipinski definition) is 7. The van der Waals surface area contributed by atoms with Crippen LogP contribution in [0.2, 0.25) is 0 Å². The average molecular weight is 448 g/mol. The average Bonchev–Trinajstić information content (AvgIpc) is 3.47. The zero-order valence-corrected chi connectivity index (χ0v) is 18.2. The van der Waals surface area contributed by atoms with Gasteiger partial charge in [0.2, 0.25) is 5.89 Å². The van der Waals surface area contributed by atoms with Crippen LogP contribution in [0.25, 0.3) is 0 Å². The molecule has 1 aliphatic rings. The molecular weight excluding hydrogens is 426 g/mol. The molecule has 158 valence electrons. The smallest absolute Gasteiger partial charge is 0.332 e. The van der Waals surface area contributed by atoms with Crippen LogP contribution in [0, 0.1) is 0 Å². The number of aromatic nitrogens is 4. The van der Waals surface area contributed by atoms with Crippen LogP contribution >= 0.6 is 22.9 Å². The minimum atomic E-state index is -0.342. The Bertz CT molecular complexity index is 1180. The van der Waals surface area contributed by atoms with Crippen molar-refractivity contribution in [1.82, 2.24) is 19.3 Å². The Balaban J connectivity index is 1.48. The van der Waals surface area contributed by atoms with Gasteiger partial charge in [-0.3, -0.25) is 13.9 Å². The topological polar surface area (TPSA) is 95.3 Å². The van der Waals surface area contributed by atoms with Crippen LogP contribution in [0.15, 0.2) is 35.9 Å². The van der Waals surface area contributed by atoms with Gasteiger partial charge in [0.15, 0.2) is 5.82 Å². The molecule has 0 spiro atoms. The van der Waals surface area contributed by atoms with E-state index in [0.29, 0.717) is 54.1 Å². The minimum Gasteiger partial charge on any atom is -0.339 e. The van der Waals surface area contributed by atoms with Crippen molar-refractivity contribution < 1.29 is 4.52 Å². The lowest BCUT2D eigenvalue weighted by molar-refractivity contribution is 0.366. The van der Waals surface area contributed by atoms with E-state index in [1.807, 2.05) is 11.4 Å². The summed E-state index contributed by atoms with van der Waals surface area (Å²) < 4.78 is 8.16. The third-order valence-corrected chi connectivity index (χ3v) is 5.95. The Morgan fingerprint density at radius 3 is 2.83 bits per heavy atom. The summed E-state index contributed by atoms with van der Waals surface area (Å²) in [5.41, 5.74) is 0.980. The number of aryl methyl sites for hydroxylation is 1. The molecule has 0 atom stereocenters. The molecule has 0 unspecified atom stereocenters. The quantitative estimate of drug-likeness (QED) is 0.501. The van der Waals surface area contributed by atoms with Crippen LogP contribution in [-0.4, -0.2) is 24.4 Å². The Labute approximate surface area is 181 Å². The van der Waals surface area contributed by atoms with E-state index in [2.05, 4.69) is 27.4 Å². The van der Waals surface area contributed by atoms with Crippen LogP contribution in [0.5, 0.6) is 0 Å². The van der Waals surface area contributed by atoms with Gasteiger partial charge in [-0.15, -0.1) is 0 Å². The molecule has 0 amide bonds. The van der Waals surface area contributed by atoms with Crippen molar-refractivity contribution in [2.24, 2.45) is 4.99 Å². The number of fused-ring (bicyclic) bond motifs is 1. The van der Waals surface area contributed by atoms with Crippen molar-refractivity contribution in [3.05, 3.63) is 60.5 Å². The van der Waals surface area contributed by atoms with Crippen molar-refractivity contribution in [2.75, 3.05) is 0 Å². The lowest BCUT2D eigenvalue weighted by Crippen LogP contribution is -2.41. The summed E-state index contributed by atoms with van der Waals surface area (Å²) >= 11 is 7.68. The third kappa shape index (κ3) is 4.32. The molecule has 0 N–H and O–H groups in total. The first-order valence-electron chi connectivity index (χ1n) is 9.99. The summed E-state index contributed by atoms with van der Waals surface area (Å²) in [6, 6.07) is 2.03. The van der Waals surface area contributed by atoms with Crippen LogP contribution in [0.3, 0.4) is 0 Å². The fraction of sp³-hybridized carbons (Fsp3) is 0.450. The molecule has 10 heteroatoms. The molecule has 0 aromatic carbocycles. The maximum absolute atomic E-state index is 12.9. The monoisotopic (exact) mass is 447 g/mol. The van der Waals surface area contributed by atoms with Crippen LogP contribution < -0.4 is 11.2 Å². The van der Waals surface area contributed by atoms with Gasteiger partial charge in [0.1, 0.15) is 11.0 Å². The van der Waals surface area contributed by atoms with Gasteiger partial charge in [0.05, 0.1) is 5.56 Å². The summed E-state index contributed by atoms with van der Waals surface area (Å²) in [6.07, 6.45) is 3.69. The van der Waals surface area contributed by atoms with E-state index in [1.165, 1.54) is 4.57 Å². The molecule has 4 heterocycles. The number of hydrogen-bond donors (Lipinski definition) is 0. The van der Waals surface area contributed by atoms with Gasteiger partial charge in [-0.25, -0.2) is 9.79 Å². The van der Waals surface area contributed by atoms with E-state index in [-0.39, 0.29) is 24.2 Å². The van der Waals surface area contributed by atoms with Crippen molar-refractivity contribution in [3.8, 4) is 0 Å². The van der Waals surface area contributed by atoms with Gasteiger partial charge in [-0.2, -0.15) is 16.3 Å². The summed E-state index contributed by atoms with van der Waals surface area (Å²) in [4.78, 5) is 34.4. The maximum atomic E-state index is 12.9. The molecular formula is C20H22ClN5O3S. The summed E-state index contributed by atoms with van der Waals surface area (Å²) in [7, 11) is 0. The van der Waals surface area contributed by atoms with E-state index < -0.39 is 0 Å². The largest absolute Gasteiger partial charge is 0.339 e. The molecule has 0 bridgehead atoms. The Morgan fingerprint density at radius 1 is 1.23 bits per heavy atom. The fourth-order valence-corrected chi connectivity index (χ4v) is 4.35. The molecule has 0 saturated carbocycles. The highest BCUT2D eigenvalue weighted by molar-refractivity contribution is 7.07. The third-order valence-electron chi connectivity index (χ3n) is 5.00. The highest BCUT2D eigenvalue weighted by Gasteiger charge is 2.24.